The smallest absolute Gasteiger partial charge is 0.0857 e. The second kappa shape index (κ2) is 9.70. The molecule has 0 heterocycles. The third-order valence-corrected chi connectivity index (χ3v) is 3.83. The molecule has 0 aliphatic rings. The number of hydrogen-bond donors (Lipinski definition) is 0. The van der Waals surface area contributed by atoms with Crippen LogP contribution in [0.15, 0.2) is 12.7 Å². The maximum absolute atomic E-state index is 5.82. The molecule has 17 heavy (non-hydrogen) atoms. The first-order valence-electron chi connectivity index (χ1n) is 7.38. The molecular weight excluding hydrogens is 208 g/mol. The second-order valence-corrected chi connectivity index (χ2v) is 5.28. The van der Waals surface area contributed by atoms with Crippen molar-refractivity contribution in [3.8, 4) is 0 Å². The standard InChI is InChI=1S/C16H32O/c1-6-9-10-11-12-13-14-15(4)16(5,7-2)17-8-3/h7,15H,2,6,8-14H2,1,3-5H3. The Kier molecular flexibility index (Phi) is 9.53. The Hall–Kier alpha value is -0.300. The molecule has 0 fully saturated rings. The van der Waals surface area contributed by atoms with Gasteiger partial charge in [-0.25, -0.2) is 0 Å². The Morgan fingerprint density at radius 1 is 1.12 bits per heavy atom. The van der Waals surface area contributed by atoms with E-state index in [0.29, 0.717) is 5.92 Å². The summed E-state index contributed by atoms with van der Waals surface area (Å²) < 4.78 is 5.82. The normalized spacial score (nSPS) is 16.5. The molecule has 0 aromatic heterocycles. The molecule has 0 spiro atoms. The summed E-state index contributed by atoms with van der Waals surface area (Å²) in [6.45, 7) is 13.4. The minimum Gasteiger partial charge on any atom is -0.371 e. The van der Waals surface area contributed by atoms with Crippen molar-refractivity contribution in [3.05, 3.63) is 12.7 Å². The predicted molar refractivity (Wildman–Crippen MR) is 77.4 cm³/mol. The van der Waals surface area contributed by atoms with Crippen molar-refractivity contribution in [2.75, 3.05) is 6.61 Å². The van der Waals surface area contributed by atoms with E-state index in [1.165, 1.54) is 44.9 Å². The van der Waals surface area contributed by atoms with Gasteiger partial charge in [0.15, 0.2) is 0 Å². The van der Waals surface area contributed by atoms with Gasteiger partial charge in [0.05, 0.1) is 5.60 Å². The fourth-order valence-corrected chi connectivity index (χ4v) is 2.23. The molecule has 0 aliphatic heterocycles. The average molecular weight is 240 g/mol. The van der Waals surface area contributed by atoms with Crippen LogP contribution in [0.25, 0.3) is 0 Å². The number of hydrogen-bond acceptors (Lipinski definition) is 1. The average Bonchev–Trinajstić information content (AvgIpc) is 2.33. The summed E-state index contributed by atoms with van der Waals surface area (Å²) in [5.74, 6) is 0.561. The summed E-state index contributed by atoms with van der Waals surface area (Å²) in [7, 11) is 0. The molecule has 0 N–H and O–H groups in total. The Bertz CT molecular complexity index is 188. The van der Waals surface area contributed by atoms with E-state index in [1.54, 1.807) is 0 Å². The molecule has 0 aliphatic carbocycles. The predicted octanol–water partition coefficient (Wildman–Crippen LogP) is 5.35. The molecule has 2 atom stereocenters. The van der Waals surface area contributed by atoms with E-state index in [2.05, 4.69) is 34.3 Å². The van der Waals surface area contributed by atoms with E-state index >= 15 is 0 Å². The first kappa shape index (κ1) is 16.7. The first-order chi connectivity index (χ1) is 8.10. The van der Waals surface area contributed by atoms with Crippen molar-refractivity contribution in [1.29, 1.82) is 0 Å². The SMILES string of the molecule is C=CC(C)(OCC)C(C)CCCCCCCC. The molecule has 0 saturated heterocycles. The summed E-state index contributed by atoms with van der Waals surface area (Å²) >= 11 is 0. The molecule has 0 rings (SSSR count). The first-order valence-corrected chi connectivity index (χ1v) is 7.38. The van der Waals surface area contributed by atoms with E-state index in [4.69, 9.17) is 4.74 Å². The quantitative estimate of drug-likeness (QED) is 0.349. The maximum atomic E-state index is 5.82. The minimum absolute atomic E-state index is 0.141. The summed E-state index contributed by atoms with van der Waals surface area (Å²) in [5.41, 5.74) is -0.141. The van der Waals surface area contributed by atoms with E-state index in [9.17, 15) is 0 Å². The molecule has 0 amide bonds. The zero-order valence-electron chi connectivity index (χ0n) is 12.4. The third-order valence-electron chi connectivity index (χ3n) is 3.83. The van der Waals surface area contributed by atoms with Crippen LogP contribution in [0.3, 0.4) is 0 Å². The highest BCUT2D eigenvalue weighted by molar-refractivity contribution is 4.97. The topological polar surface area (TPSA) is 9.23 Å². The van der Waals surface area contributed by atoms with Crippen LogP contribution in [-0.2, 0) is 4.74 Å². The van der Waals surface area contributed by atoms with Crippen LogP contribution in [-0.4, -0.2) is 12.2 Å². The van der Waals surface area contributed by atoms with E-state index in [0.717, 1.165) is 6.61 Å². The molecule has 102 valence electrons. The van der Waals surface area contributed by atoms with Gasteiger partial charge in [-0.1, -0.05) is 58.4 Å². The van der Waals surface area contributed by atoms with Crippen LogP contribution in [0, 0.1) is 5.92 Å². The van der Waals surface area contributed by atoms with E-state index in [1.807, 2.05) is 6.08 Å². The van der Waals surface area contributed by atoms with Gasteiger partial charge in [0.1, 0.15) is 0 Å². The fourth-order valence-electron chi connectivity index (χ4n) is 2.23. The monoisotopic (exact) mass is 240 g/mol. The van der Waals surface area contributed by atoms with Crippen LogP contribution < -0.4 is 0 Å². The van der Waals surface area contributed by atoms with Crippen molar-refractivity contribution < 1.29 is 4.74 Å². The third kappa shape index (κ3) is 6.88. The van der Waals surface area contributed by atoms with Gasteiger partial charge in [-0.3, -0.25) is 0 Å². The summed E-state index contributed by atoms with van der Waals surface area (Å²) in [6, 6.07) is 0. The highest BCUT2D eigenvalue weighted by atomic mass is 16.5. The van der Waals surface area contributed by atoms with Gasteiger partial charge in [-0.05, 0) is 26.2 Å². The zero-order valence-corrected chi connectivity index (χ0v) is 12.4. The molecule has 2 unspecified atom stereocenters. The lowest BCUT2D eigenvalue weighted by Crippen LogP contribution is -2.34. The largest absolute Gasteiger partial charge is 0.371 e. The summed E-state index contributed by atoms with van der Waals surface area (Å²) in [5, 5.41) is 0. The minimum atomic E-state index is -0.141. The molecule has 0 aromatic carbocycles. The van der Waals surface area contributed by atoms with Crippen LogP contribution in [0.5, 0.6) is 0 Å². The number of ether oxygens (including phenoxy) is 1. The number of unbranched alkanes of at least 4 members (excludes halogenated alkanes) is 5. The molecular formula is C16H32O. The Balaban J connectivity index is 3.75. The van der Waals surface area contributed by atoms with Crippen LogP contribution >= 0.6 is 0 Å². The maximum Gasteiger partial charge on any atom is 0.0857 e. The van der Waals surface area contributed by atoms with Gasteiger partial charge < -0.3 is 4.74 Å². The Morgan fingerprint density at radius 3 is 2.24 bits per heavy atom. The Labute approximate surface area is 109 Å². The van der Waals surface area contributed by atoms with E-state index in [-0.39, 0.29) is 5.60 Å². The molecule has 1 nitrogen and oxygen atoms in total. The lowest BCUT2D eigenvalue weighted by molar-refractivity contribution is -0.0283. The van der Waals surface area contributed by atoms with Gasteiger partial charge in [0, 0.05) is 6.61 Å². The van der Waals surface area contributed by atoms with Gasteiger partial charge in [0.2, 0.25) is 0 Å². The van der Waals surface area contributed by atoms with Crippen LogP contribution in [0.1, 0.15) is 72.6 Å². The number of rotatable bonds is 11. The van der Waals surface area contributed by atoms with Gasteiger partial charge >= 0.3 is 0 Å². The lowest BCUT2D eigenvalue weighted by atomic mass is 9.86. The molecule has 0 bridgehead atoms. The van der Waals surface area contributed by atoms with Gasteiger partial charge in [-0.2, -0.15) is 0 Å². The molecule has 1 heteroatoms. The summed E-state index contributed by atoms with van der Waals surface area (Å²) in [6.07, 6.45) is 11.4. The van der Waals surface area contributed by atoms with E-state index < -0.39 is 0 Å². The van der Waals surface area contributed by atoms with Gasteiger partial charge in [0.25, 0.3) is 0 Å². The van der Waals surface area contributed by atoms with Crippen molar-refractivity contribution in [3.63, 3.8) is 0 Å². The molecule has 0 aromatic rings. The summed E-state index contributed by atoms with van der Waals surface area (Å²) in [4.78, 5) is 0. The molecule has 0 radical (unpaired) electrons. The van der Waals surface area contributed by atoms with Crippen molar-refractivity contribution in [2.24, 2.45) is 5.92 Å². The fraction of sp³-hybridized carbons (Fsp3) is 0.875. The van der Waals surface area contributed by atoms with Crippen LogP contribution in [0.4, 0.5) is 0 Å². The van der Waals surface area contributed by atoms with Crippen molar-refractivity contribution in [1.82, 2.24) is 0 Å². The van der Waals surface area contributed by atoms with Gasteiger partial charge in [-0.15, -0.1) is 6.58 Å². The highest BCUT2D eigenvalue weighted by Crippen LogP contribution is 2.27. The second-order valence-electron chi connectivity index (χ2n) is 5.28. The molecule has 0 saturated carbocycles. The highest BCUT2D eigenvalue weighted by Gasteiger charge is 2.27. The van der Waals surface area contributed by atoms with Crippen molar-refractivity contribution in [2.45, 2.75) is 78.2 Å². The lowest BCUT2D eigenvalue weighted by Gasteiger charge is -2.32. The van der Waals surface area contributed by atoms with Crippen molar-refractivity contribution >= 4 is 0 Å². The Morgan fingerprint density at radius 2 is 1.71 bits per heavy atom. The van der Waals surface area contributed by atoms with Crippen LogP contribution in [0.2, 0.25) is 0 Å². The zero-order chi connectivity index (χ0) is 13.1.